The van der Waals surface area contributed by atoms with Gasteiger partial charge in [0, 0.05) is 24.7 Å². The smallest absolute Gasteiger partial charge is 0.255 e. The van der Waals surface area contributed by atoms with Crippen LogP contribution in [0.1, 0.15) is 16.8 Å². The second-order valence-corrected chi connectivity index (χ2v) is 4.43. The number of carbonyl (C=O) groups is 1. The summed E-state index contributed by atoms with van der Waals surface area (Å²) >= 11 is 0. The zero-order chi connectivity index (χ0) is 12.4. The van der Waals surface area contributed by atoms with Crippen molar-refractivity contribution in [3.8, 4) is 0 Å². The highest BCUT2D eigenvalue weighted by Crippen LogP contribution is 2.15. The average molecular weight is 238 g/mol. The van der Waals surface area contributed by atoms with Gasteiger partial charge < -0.3 is 4.90 Å². The predicted octanol–water partition coefficient (Wildman–Crippen LogP) is 2.64. The zero-order valence-electron chi connectivity index (χ0n) is 10.0. The highest BCUT2D eigenvalue weighted by molar-refractivity contribution is 5.97. The number of benzene rings is 1. The van der Waals surface area contributed by atoms with Crippen molar-refractivity contribution in [2.75, 3.05) is 13.1 Å². The summed E-state index contributed by atoms with van der Waals surface area (Å²) in [5.74, 6) is 0.0672. The number of hydrogen-bond donors (Lipinski definition) is 0. The largest absolute Gasteiger partial charge is 0.335 e. The molecule has 3 rings (SSSR count). The Morgan fingerprint density at radius 3 is 2.94 bits per heavy atom. The Balaban J connectivity index is 1.93. The molecule has 1 aliphatic heterocycles. The lowest BCUT2D eigenvalue weighted by Gasteiger charge is -2.23. The van der Waals surface area contributed by atoms with Crippen LogP contribution in [-0.4, -0.2) is 28.9 Å². The van der Waals surface area contributed by atoms with Gasteiger partial charge in [-0.25, -0.2) is 0 Å². The Hall–Kier alpha value is -2.16. The maximum absolute atomic E-state index is 12.3. The van der Waals surface area contributed by atoms with E-state index in [2.05, 4.69) is 11.1 Å². The van der Waals surface area contributed by atoms with Crippen LogP contribution < -0.4 is 0 Å². The molecule has 1 aliphatic rings. The van der Waals surface area contributed by atoms with E-state index in [1.807, 2.05) is 41.3 Å². The molecule has 0 atom stereocenters. The van der Waals surface area contributed by atoms with Crippen LogP contribution in [0.2, 0.25) is 0 Å². The number of pyridine rings is 1. The third-order valence-electron chi connectivity index (χ3n) is 3.18. The molecule has 0 spiro atoms. The molecule has 0 saturated heterocycles. The van der Waals surface area contributed by atoms with Crippen molar-refractivity contribution in [1.29, 1.82) is 0 Å². The molecule has 0 unspecified atom stereocenters. The van der Waals surface area contributed by atoms with E-state index in [1.165, 1.54) is 0 Å². The predicted molar refractivity (Wildman–Crippen MR) is 71.4 cm³/mol. The van der Waals surface area contributed by atoms with Crippen molar-refractivity contribution in [1.82, 2.24) is 9.88 Å². The number of nitrogens with zero attached hydrogens (tertiary/aromatic N) is 2. The first kappa shape index (κ1) is 11.0. The van der Waals surface area contributed by atoms with Gasteiger partial charge in [0.25, 0.3) is 5.91 Å². The SMILES string of the molecule is O=C(c1cnc2ccccc2c1)N1CC=CCC1. The number of aromatic nitrogens is 1. The summed E-state index contributed by atoms with van der Waals surface area (Å²) in [6.45, 7) is 1.49. The van der Waals surface area contributed by atoms with Gasteiger partial charge in [0.05, 0.1) is 11.1 Å². The zero-order valence-corrected chi connectivity index (χ0v) is 10.0. The number of amides is 1. The summed E-state index contributed by atoms with van der Waals surface area (Å²) in [7, 11) is 0. The lowest BCUT2D eigenvalue weighted by atomic mass is 10.1. The van der Waals surface area contributed by atoms with Gasteiger partial charge in [0.1, 0.15) is 0 Å². The summed E-state index contributed by atoms with van der Waals surface area (Å²) < 4.78 is 0. The summed E-state index contributed by atoms with van der Waals surface area (Å²) in [6, 6.07) is 9.76. The molecule has 3 nitrogen and oxygen atoms in total. The maximum Gasteiger partial charge on any atom is 0.255 e. The molecule has 1 aromatic heterocycles. The Morgan fingerprint density at radius 1 is 1.22 bits per heavy atom. The van der Waals surface area contributed by atoms with Gasteiger partial charge in [-0.1, -0.05) is 30.4 Å². The molecule has 0 aliphatic carbocycles. The van der Waals surface area contributed by atoms with Crippen LogP contribution in [0.25, 0.3) is 10.9 Å². The Kier molecular flexibility index (Phi) is 2.81. The molecule has 2 heterocycles. The molecule has 0 N–H and O–H groups in total. The van der Waals surface area contributed by atoms with E-state index in [1.54, 1.807) is 6.20 Å². The van der Waals surface area contributed by atoms with E-state index in [4.69, 9.17) is 0 Å². The summed E-state index contributed by atoms with van der Waals surface area (Å²) in [4.78, 5) is 18.5. The second kappa shape index (κ2) is 4.61. The van der Waals surface area contributed by atoms with E-state index in [-0.39, 0.29) is 5.91 Å². The van der Waals surface area contributed by atoms with Crippen LogP contribution in [-0.2, 0) is 0 Å². The monoisotopic (exact) mass is 238 g/mol. The van der Waals surface area contributed by atoms with Gasteiger partial charge in [-0.2, -0.15) is 0 Å². The fourth-order valence-electron chi connectivity index (χ4n) is 2.20. The number of fused-ring (bicyclic) bond motifs is 1. The van der Waals surface area contributed by atoms with E-state index >= 15 is 0 Å². The minimum atomic E-state index is 0.0672. The Morgan fingerprint density at radius 2 is 2.11 bits per heavy atom. The molecular weight excluding hydrogens is 224 g/mol. The van der Waals surface area contributed by atoms with Crippen LogP contribution in [0.5, 0.6) is 0 Å². The van der Waals surface area contributed by atoms with Gasteiger partial charge in [-0.3, -0.25) is 9.78 Å². The first-order valence-corrected chi connectivity index (χ1v) is 6.14. The van der Waals surface area contributed by atoms with Gasteiger partial charge >= 0.3 is 0 Å². The molecule has 18 heavy (non-hydrogen) atoms. The van der Waals surface area contributed by atoms with Gasteiger partial charge in [-0.05, 0) is 18.6 Å². The van der Waals surface area contributed by atoms with E-state index in [9.17, 15) is 4.79 Å². The number of rotatable bonds is 1. The van der Waals surface area contributed by atoms with Crippen molar-refractivity contribution in [2.24, 2.45) is 0 Å². The first-order valence-electron chi connectivity index (χ1n) is 6.14. The molecule has 0 fully saturated rings. The highest BCUT2D eigenvalue weighted by atomic mass is 16.2. The minimum Gasteiger partial charge on any atom is -0.335 e. The van der Waals surface area contributed by atoms with Crippen LogP contribution in [0.3, 0.4) is 0 Å². The van der Waals surface area contributed by atoms with E-state index in [0.717, 1.165) is 23.9 Å². The van der Waals surface area contributed by atoms with Crippen molar-refractivity contribution >= 4 is 16.8 Å². The fourth-order valence-corrected chi connectivity index (χ4v) is 2.20. The lowest BCUT2D eigenvalue weighted by Crippen LogP contribution is -2.33. The second-order valence-electron chi connectivity index (χ2n) is 4.43. The van der Waals surface area contributed by atoms with Gasteiger partial charge in [0.2, 0.25) is 0 Å². The fraction of sp³-hybridized carbons (Fsp3) is 0.200. The first-order chi connectivity index (χ1) is 8.84. The van der Waals surface area contributed by atoms with Crippen LogP contribution in [0.15, 0.2) is 48.7 Å². The van der Waals surface area contributed by atoms with Crippen LogP contribution >= 0.6 is 0 Å². The van der Waals surface area contributed by atoms with E-state index < -0.39 is 0 Å². The standard InChI is InChI=1S/C15H14N2O/c18-15(17-8-4-1-5-9-17)13-10-12-6-2-3-7-14(12)16-11-13/h1-4,6-7,10-11H,5,8-9H2. The minimum absolute atomic E-state index is 0.0672. The molecule has 1 amide bonds. The molecular formula is C15H14N2O. The normalized spacial score (nSPS) is 15.0. The summed E-state index contributed by atoms with van der Waals surface area (Å²) in [5.41, 5.74) is 1.59. The van der Waals surface area contributed by atoms with E-state index in [0.29, 0.717) is 12.1 Å². The lowest BCUT2D eigenvalue weighted by molar-refractivity contribution is 0.0771. The van der Waals surface area contributed by atoms with Crippen LogP contribution in [0.4, 0.5) is 0 Å². The van der Waals surface area contributed by atoms with Gasteiger partial charge in [-0.15, -0.1) is 0 Å². The van der Waals surface area contributed by atoms with Gasteiger partial charge in [0.15, 0.2) is 0 Å². The third-order valence-corrected chi connectivity index (χ3v) is 3.18. The molecule has 0 radical (unpaired) electrons. The quantitative estimate of drug-likeness (QED) is 0.715. The molecule has 1 aromatic carbocycles. The summed E-state index contributed by atoms with van der Waals surface area (Å²) in [6.07, 6.45) is 6.76. The Labute approximate surface area is 106 Å². The highest BCUT2D eigenvalue weighted by Gasteiger charge is 2.16. The topological polar surface area (TPSA) is 33.2 Å². The van der Waals surface area contributed by atoms with Crippen LogP contribution in [0, 0.1) is 0 Å². The summed E-state index contributed by atoms with van der Waals surface area (Å²) in [5, 5.41) is 1.01. The molecule has 3 heteroatoms. The molecule has 0 saturated carbocycles. The third kappa shape index (κ3) is 1.99. The molecule has 0 bridgehead atoms. The van der Waals surface area contributed by atoms with Crippen molar-refractivity contribution in [2.45, 2.75) is 6.42 Å². The molecule has 2 aromatic rings. The average Bonchev–Trinajstić information content (AvgIpc) is 2.47. The number of carbonyl (C=O) groups excluding carboxylic acids is 1. The maximum atomic E-state index is 12.3. The number of para-hydroxylation sites is 1. The molecule has 90 valence electrons. The van der Waals surface area contributed by atoms with Crippen molar-refractivity contribution < 1.29 is 4.79 Å². The van der Waals surface area contributed by atoms with Crippen molar-refractivity contribution in [3.05, 3.63) is 54.2 Å². The Bertz CT molecular complexity index is 619. The number of hydrogen-bond acceptors (Lipinski definition) is 2. The van der Waals surface area contributed by atoms with Crippen molar-refractivity contribution in [3.63, 3.8) is 0 Å².